The van der Waals surface area contributed by atoms with Crippen LogP contribution in [0.25, 0.3) is 11.3 Å². The molecule has 1 aliphatic heterocycles. The van der Waals surface area contributed by atoms with Gasteiger partial charge in [0.15, 0.2) is 0 Å². The van der Waals surface area contributed by atoms with E-state index in [4.69, 9.17) is 4.74 Å². The second-order valence-electron chi connectivity index (χ2n) is 7.59. The Morgan fingerprint density at radius 3 is 2.73 bits per heavy atom. The third kappa shape index (κ3) is 3.21. The van der Waals surface area contributed by atoms with Crippen LogP contribution in [0, 0.1) is 13.8 Å². The van der Waals surface area contributed by atoms with Crippen molar-refractivity contribution >= 4 is 5.91 Å². The number of aromatic hydroxyl groups is 1. The van der Waals surface area contributed by atoms with E-state index in [0.29, 0.717) is 35.7 Å². The number of aromatic amines is 1. The van der Waals surface area contributed by atoms with Crippen LogP contribution in [0.5, 0.6) is 11.5 Å². The largest absolute Gasteiger partial charge is 0.507 e. The number of ether oxygens (including phenoxy) is 1. The molecule has 4 rings (SSSR count). The Labute approximate surface area is 174 Å². The Balaban J connectivity index is 1.92. The predicted molar refractivity (Wildman–Crippen MR) is 113 cm³/mol. The predicted octanol–water partition coefficient (Wildman–Crippen LogP) is 3.34. The number of hydrogen-bond donors (Lipinski definition) is 3. The van der Waals surface area contributed by atoms with E-state index in [1.807, 2.05) is 44.2 Å². The maximum Gasteiger partial charge on any atom is 0.273 e. The van der Waals surface area contributed by atoms with Crippen molar-refractivity contribution in [3.63, 3.8) is 0 Å². The van der Waals surface area contributed by atoms with Gasteiger partial charge in [-0.1, -0.05) is 18.2 Å². The van der Waals surface area contributed by atoms with Gasteiger partial charge in [-0.3, -0.25) is 9.89 Å². The summed E-state index contributed by atoms with van der Waals surface area (Å²) in [6, 6.07) is 10.9. The number of benzene rings is 2. The van der Waals surface area contributed by atoms with E-state index < -0.39 is 6.04 Å². The van der Waals surface area contributed by atoms with Gasteiger partial charge < -0.3 is 19.8 Å². The number of aromatic nitrogens is 2. The van der Waals surface area contributed by atoms with Crippen molar-refractivity contribution < 1.29 is 19.7 Å². The molecule has 30 heavy (non-hydrogen) atoms. The summed E-state index contributed by atoms with van der Waals surface area (Å²) >= 11 is 0. The van der Waals surface area contributed by atoms with Crippen molar-refractivity contribution in [1.82, 2.24) is 15.1 Å². The zero-order valence-corrected chi connectivity index (χ0v) is 17.3. The number of rotatable bonds is 6. The molecule has 0 bridgehead atoms. The molecule has 156 valence electrons. The average Bonchev–Trinajstić information content (AvgIpc) is 3.25. The van der Waals surface area contributed by atoms with Crippen LogP contribution < -0.4 is 4.74 Å². The third-order valence-electron chi connectivity index (χ3n) is 5.53. The first-order valence-electron chi connectivity index (χ1n) is 9.90. The van der Waals surface area contributed by atoms with E-state index in [1.165, 1.54) is 0 Å². The van der Waals surface area contributed by atoms with Crippen molar-refractivity contribution in [2.75, 3.05) is 20.3 Å². The van der Waals surface area contributed by atoms with E-state index in [1.54, 1.807) is 18.1 Å². The van der Waals surface area contributed by atoms with Crippen LogP contribution >= 0.6 is 0 Å². The summed E-state index contributed by atoms with van der Waals surface area (Å²) in [5.74, 6) is 0.650. The molecule has 1 aromatic heterocycles. The topological polar surface area (TPSA) is 98.7 Å². The number of H-pyrrole nitrogens is 1. The first kappa shape index (κ1) is 20.0. The molecule has 1 amide bonds. The van der Waals surface area contributed by atoms with Gasteiger partial charge in [0, 0.05) is 24.3 Å². The van der Waals surface area contributed by atoms with E-state index in [9.17, 15) is 15.0 Å². The molecule has 0 radical (unpaired) electrons. The van der Waals surface area contributed by atoms with Gasteiger partial charge >= 0.3 is 0 Å². The van der Waals surface area contributed by atoms with Gasteiger partial charge in [0.05, 0.1) is 13.2 Å². The van der Waals surface area contributed by atoms with Gasteiger partial charge in [0.2, 0.25) is 0 Å². The zero-order chi connectivity index (χ0) is 21.4. The van der Waals surface area contributed by atoms with Crippen molar-refractivity contribution in [3.8, 4) is 22.8 Å². The lowest BCUT2D eigenvalue weighted by Gasteiger charge is -2.26. The number of methoxy groups -OCH3 is 1. The van der Waals surface area contributed by atoms with Gasteiger partial charge in [0.1, 0.15) is 22.9 Å². The number of aryl methyl sites for hydroxylation is 2. The molecule has 0 saturated carbocycles. The minimum atomic E-state index is -0.400. The maximum absolute atomic E-state index is 13.2. The molecule has 0 unspecified atom stereocenters. The lowest BCUT2D eigenvalue weighted by Crippen LogP contribution is -2.31. The lowest BCUT2D eigenvalue weighted by atomic mass is 9.93. The van der Waals surface area contributed by atoms with E-state index in [0.717, 1.165) is 22.3 Å². The van der Waals surface area contributed by atoms with Crippen molar-refractivity contribution in [2.24, 2.45) is 0 Å². The van der Waals surface area contributed by atoms with Crippen LogP contribution in [0.3, 0.4) is 0 Å². The van der Waals surface area contributed by atoms with Crippen LogP contribution in [0.15, 0.2) is 36.4 Å². The molecular weight excluding hydrogens is 382 g/mol. The van der Waals surface area contributed by atoms with Crippen LogP contribution in [0.4, 0.5) is 0 Å². The van der Waals surface area contributed by atoms with E-state index >= 15 is 0 Å². The molecule has 3 aromatic rings. The number of aliphatic hydroxyl groups is 1. The molecule has 0 fully saturated rings. The molecule has 2 heterocycles. The molecule has 0 saturated heterocycles. The molecule has 0 aliphatic carbocycles. The van der Waals surface area contributed by atoms with E-state index in [2.05, 4.69) is 10.2 Å². The Kier molecular flexibility index (Phi) is 5.22. The number of aliphatic hydroxyl groups excluding tert-OH is 1. The van der Waals surface area contributed by atoms with Crippen LogP contribution in [0.1, 0.15) is 45.2 Å². The number of hydrogen-bond acceptors (Lipinski definition) is 5. The van der Waals surface area contributed by atoms with Crippen molar-refractivity contribution in [3.05, 3.63) is 64.3 Å². The molecule has 7 heteroatoms. The standard InChI is InChI=1S/C23H25N3O4/c1-13-10-14(2)18(17(28)11-13)20-19-21(25-24-20)23(29)26(8-5-9-27)22(19)15-6-4-7-16(12-15)30-3/h4,6-7,10-12,22,27-28H,5,8-9H2,1-3H3,(H,24,25)/t22-/m1/s1. The van der Waals surface area contributed by atoms with Gasteiger partial charge in [-0.15, -0.1) is 0 Å². The fraction of sp³-hybridized carbons (Fsp3) is 0.304. The monoisotopic (exact) mass is 407 g/mol. The lowest BCUT2D eigenvalue weighted by molar-refractivity contribution is 0.0732. The normalized spacial score (nSPS) is 15.5. The van der Waals surface area contributed by atoms with Crippen LogP contribution in [0.2, 0.25) is 0 Å². The first-order valence-corrected chi connectivity index (χ1v) is 9.90. The number of nitrogens with one attached hydrogen (secondary N) is 1. The second kappa shape index (κ2) is 7.84. The quantitative estimate of drug-likeness (QED) is 0.582. The smallest absolute Gasteiger partial charge is 0.273 e. The number of carbonyl (C=O) groups excluding carboxylic acids is 1. The molecule has 0 spiro atoms. The SMILES string of the molecule is COc1cccc([C@@H]2c3c(-c4c(C)cc(C)cc4O)n[nH]c3C(=O)N2CCCO)c1. The Hall–Kier alpha value is -3.32. The zero-order valence-electron chi connectivity index (χ0n) is 17.3. The van der Waals surface area contributed by atoms with Gasteiger partial charge in [-0.25, -0.2) is 0 Å². The summed E-state index contributed by atoms with van der Waals surface area (Å²) in [4.78, 5) is 14.9. The molecule has 1 aliphatic rings. The van der Waals surface area contributed by atoms with Crippen molar-refractivity contribution in [1.29, 1.82) is 0 Å². The summed E-state index contributed by atoms with van der Waals surface area (Å²) in [6.07, 6.45) is 0.466. The third-order valence-corrected chi connectivity index (χ3v) is 5.53. The summed E-state index contributed by atoms with van der Waals surface area (Å²) in [6.45, 7) is 4.23. The van der Waals surface area contributed by atoms with Crippen LogP contribution in [-0.4, -0.2) is 51.5 Å². The molecule has 1 atom stereocenters. The Morgan fingerprint density at radius 1 is 1.23 bits per heavy atom. The summed E-state index contributed by atoms with van der Waals surface area (Å²) < 4.78 is 5.39. The highest BCUT2D eigenvalue weighted by molar-refractivity contribution is 6.00. The highest BCUT2D eigenvalue weighted by Gasteiger charge is 2.42. The summed E-state index contributed by atoms with van der Waals surface area (Å²) in [7, 11) is 1.60. The van der Waals surface area contributed by atoms with Crippen LogP contribution in [-0.2, 0) is 0 Å². The minimum Gasteiger partial charge on any atom is -0.507 e. The Morgan fingerprint density at radius 2 is 2.03 bits per heavy atom. The molecular formula is C23H25N3O4. The summed E-state index contributed by atoms with van der Waals surface area (Å²) in [5.41, 5.74) is 5.03. The highest BCUT2D eigenvalue weighted by atomic mass is 16.5. The van der Waals surface area contributed by atoms with Gasteiger partial charge in [0.25, 0.3) is 5.91 Å². The number of phenols is 1. The van der Waals surface area contributed by atoms with Crippen molar-refractivity contribution in [2.45, 2.75) is 26.3 Å². The molecule has 7 nitrogen and oxygen atoms in total. The second-order valence-corrected chi connectivity index (χ2v) is 7.59. The van der Waals surface area contributed by atoms with E-state index in [-0.39, 0.29) is 18.3 Å². The number of fused-ring (bicyclic) bond motifs is 1. The first-order chi connectivity index (χ1) is 14.5. The number of amides is 1. The van der Waals surface area contributed by atoms with Gasteiger partial charge in [-0.2, -0.15) is 5.10 Å². The number of nitrogens with zero attached hydrogens (tertiary/aromatic N) is 2. The fourth-order valence-corrected chi connectivity index (χ4v) is 4.27. The number of carbonyl (C=O) groups is 1. The van der Waals surface area contributed by atoms with Gasteiger partial charge in [-0.05, 0) is 55.2 Å². The highest BCUT2D eigenvalue weighted by Crippen LogP contribution is 2.45. The number of phenolic OH excluding ortho intramolecular Hbond substituents is 1. The maximum atomic E-state index is 13.2. The minimum absolute atomic E-state index is 0.00842. The fourth-order valence-electron chi connectivity index (χ4n) is 4.27. The molecule has 3 N–H and O–H groups in total. The Bertz CT molecular complexity index is 1080. The average molecular weight is 407 g/mol. The molecule has 2 aromatic carbocycles. The summed E-state index contributed by atoms with van der Waals surface area (Å²) in [5, 5.41) is 27.3.